The number of hydrogen-bond donors (Lipinski definition) is 1. The quantitative estimate of drug-likeness (QED) is 0.616. The molecule has 29 heavy (non-hydrogen) atoms. The van der Waals surface area contributed by atoms with Crippen molar-refractivity contribution in [2.75, 3.05) is 18.5 Å². The Bertz CT molecular complexity index is 1210. The number of nitrogens with zero attached hydrogens (tertiary/aromatic N) is 1. The normalized spacial score (nSPS) is 15.0. The maximum absolute atomic E-state index is 14.3. The van der Waals surface area contributed by atoms with Crippen LogP contribution in [0.15, 0.2) is 42.7 Å². The zero-order chi connectivity index (χ0) is 20.7. The minimum absolute atomic E-state index is 0.0227. The summed E-state index contributed by atoms with van der Waals surface area (Å²) in [4.78, 5) is 26.0. The highest BCUT2D eigenvalue weighted by Crippen LogP contribution is 2.34. The van der Waals surface area contributed by atoms with E-state index in [1.54, 1.807) is 29.7 Å². The van der Waals surface area contributed by atoms with Crippen LogP contribution in [-0.4, -0.2) is 17.8 Å². The van der Waals surface area contributed by atoms with Gasteiger partial charge in [-0.2, -0.15) is 0 Å². The van der Waals surface area contributed by atoms with E-state index >= 15 is 0 Å². The van der Waals surface area contributed by atoms with Gasteiger partial charge in [0.2, 0.25) is 0 Å². The first-order valence-corrected chi connectivity index (χ1v) is 10.2. The van der Waals surface area contributed by atoms with Gasteiger partial charge in [-0.05, 0) is 54.8 Å². The molecule has 0 radical (unpaired) electrons. The SMILES string of the molecule is Cc1c(Nc2ccccc2F)c2c(=O)n(C3CCOCC3)c(C)c(Br)c2oc1=O. The molecular formula is C21H20BrFN2O4. The van der Waals surface area contributed by atoms with Crippen LogP contribution in [0.2, 0.25) is 0 Å². The fourth-order valence-corrected chi connectivity index (χ4v) is 4.23. The second-order valence-electron chi connectivity index (χ2n) is 7.12. The number of para-hydroxylation sites is 1. The summed E-state index contributed by atoms with van der Waals surface area (Å²) in [5.74, 6) is -0.482. The van der Waals surface area contributed by atoms with Crippen LogP contribution in [0.3, 0.4) is 0 Å². The molecule has 4 rings (SSSR count). The molecule has 0 unspecified atom stereocenters. The monoisotopic (exact) mass is 462 g/mol. The topological polar surface area (TPSA) is 73.5 Å². The van der Waals surface area contributed by atoms with Gasteiger partial charge in [0, 0.05) is 24.9 Å². The van der Waals surface area contributed by atoms with Crippen molar-refractivity contribution in [1.29, 1.82) is 0 Å². The van der Waals surface area contributed by atoms with Gasteiger partial charge in [-0.3, -0.25) is 4.79 Å². The predicted octanol–water partition coefficient (Wildman–Crippen LogP) is 4.57. The molecule has 8 heteroatoms. The van der Waals surface area contributed by atoms with E-state index < -0.39 is 11.4 Å². The number of halogens is 2. The Kier molecular flexibility index (Phi) is 5.31. The number of ether oxygens (including phenoxy) is 1. The molecule has 0 saturated carbocycles. The molecule has 1 aromatic carbocycles. The smallest absolute Gasteiger partial charge is 0.341 e. The average Bonchev–Trinajstić information content (AvgIpc) is 2.72. The summed E-state index contributed by atoms with van der Waals surface area (Å²) >= 11 is 3.50. The second-order valence-corrected chi connectivity index (χ2v) is 7.91. The molecule has 0 spiro atoms. The van der Waals surface area contributed by atoms with Crippen molar-refractivity contribution in [2.45, 2.75) is 32.7 Å². The third-order valence-electron chi connectivity index (χ3n) is 5.35. The lowest BCUT2D eigenvalue weighted by Gasteiger charge is -2.27. The standard InChI is InChI=1S/C21H20BrFN2O4/c1-11-18(24-15-6-4-3-5-14(15)23)16-19(29-21(11)27)17(22)12(2)25(20(16)26)13-7-9-28-10-8-13/h3-6,13,24H,7-10H2,1-2H3. The van der Waals surface area contributed by atoms with Crippen LogP contribution in [0.25, 0.3) is 11.0 Å². The van der Waals surface area contributed by atoms with Crippen LogP contribution < -0.4 is 16.5 Å². The molecule has 0 amide bonds. The summed E-state index contributed by atoms with van der Waals surface area (Å²) in [5.41, 5.74) is 0.623. The molecule has 0 atom stereocenters. The maximum Gasteiger partial charge on any atom is 0.341 e. The van der Waals surface area contributed by atoms with Gasteiger partial charge in [0.1, 0.15) is 11.2 Å². The van der Waals surface area contributed by atoms with Gasteiger partial charge >= 0.3 is 5.63 Å². The lowest BCUT2D eigenvalue weighted by Crippen LogP contribution is -2.32. The summed E-state index contributed by atoms with van der Waals surface area (Å²) < 4.78 is 27.4. The zero-order valence-corrected chi connectivity index (χ0v) is 17.6. The molecule has 3 aromatic rings. The highest BCUT2D eigenvalue weighted by molar-refractivity contribution is 9.10. The maximum atomic E-state index is 14.3. The average molecular weight is 463 g/mol. The first kappa shape index (κ1) is 19.8. The molecule has 1 aliphatic heterocycles. The van der Waals surface area contributed by atoms with Crippen LogP contribution in [0.5, 0.6) is 0 Å². The van der Waals surface area contributed by atoms with Crippen molar-refractivity contribution in [3.05, 3.63) is 66.6 Å². The Morgan fingerprint density at radius 2 is 1.86 bits per heavy atom. The van der Waals surface area contributed by atoms with Crippen LogP contribution in [0.1, 0.15) is 30.1 Å². The molecule has 1 fully saturated rings. The van der Waals surface area contributed by atoms with E-state index in [9.17, 15) is 14.0 Å². The zero-order valence-electron chi connectivity index (χ0n) is 16.1. The minimum Gasteiger partial charge on any atom is -0.421 e. The Balaban J connectivity index is 2.03. The van der Waals surface area contributed by atoms with E-state index in [1.165, 1.54) is 6.07 Å². The fourth-order valence-electron chi connectivity index (χ4n) is 3.76. The Morgan fingerprint density at radius 1 is 1.17 bits per heavy atom. The number of rotatable bonds is 3. The molecule has 3 heterocycles. The molecule has 2 aromatic heterocycles. The molecule has 6 nitrogen and oxygen atoms in total. The number of anilines is 2. The number of pyridine rings is 1. The molecule has 1 saturated heterocycles. The summed E-state index contributed by atoms with van der Waals surface area (Å²) in [5, 5.41) is 3.17. The highest BCUT2D eigenvalue weighted by atomic mass is 79.9. The van der Waals surface area contributed by atoms with Crippen molar-refractivity contribution >= 4 is 38.3 Å². The summed E-state index contributed by atoms with van der Waals surface area (Å²) in [6.45, 7) is 4.52. The van der Waals surface area contributed by atoms with Crippen molar-refractivity contribution in [1.82, 2.24) is 4.57 Å². The van der Waals surface area contributed by atoms with E-state index in [2.05, 4.69) is 21.2 Å². The van der Waals surface area contributed by atoms with Gasteiger partial charge in [-0.15, -0.1) is 0 Å². The van der Waals surface area contributed by atoms with Gasteiger partial charge in [-0.1, -0.05) is 12.1 Å². The van der Waals surface area contributed by atoms with Crippen molar-refractivity contribution in [3.63, 3.8) is 0 Å². The summed E-state index contributed by atoms with van der Waals surface area (Å²) in [6, 6.07) is 6.09. The van der Waals surface area contributed by atoms with E-state index in [1.807, 2.05) is 6.92 Å². The van der Waals surface area contributed by atoms with Crippen molar-refractivity contribution < 1.29 is 13.5 Å². The van der Waals surface area contributed by atoms with E-state index in [4.69, 9.17) is 9.15 Å². The molecular weight excluding hydrogens is 443 g/mol. The Hall–Kier alpha value is -2.45. The van der Waals surface area contributed by atoms with Crippen molar-refractivity contribution in [2.24, 2.45) is 0 Å². The second kappa shape index (κ2) is 7.76. The van der Waals surface area contributed by atoms with Crippen LogP contribution >= 0.6 is 15.9 Å². The first-order valence-electron chi connectivity index (χ1n) is 9.37. The third kappa shape index (κ3) is 3.40. The largest absolute Gasteiger partial charge is 0.421 e. The Morgan fingerprint density at radius 3 is 2.55 bits per heavy atom. The van der Waals surface area contributed by atoms with Gasteiger partial charge < -0.3 is 19.0 Å². The number of hydrogen-bond acceptors (Lipinski definition) is 5. The summed E-state index contributed by atoms with van der Waals surface area (Å²) in [7, 11) is 0. The van der Waals surface area contributed by atoms with Crippen LogP contribution in [0.4, 0.5) is 15.8 Å². The fraction of sp³-hybridized carbons (Fsp3) is 0.333. The first-order chi connectivity index (χ1) is 13.9. The molecule has 1 aliphatic rings. The molecule has 1 N–H and O–H groups in total. The third-order valence-corrected chi connectivity index (χ3v) is 6.29. The van der Waals surface area contributed by atoms with Gasteiger partial charge in [0.25, 0.3) is 5.56 Å². The van der Waals surface area contributed by atoms with Gasteiger partial charge in [0.15, 0.2) is 5.58 Å². The van der Waals surface area contributed by atoms with Gasteiger partial charge in [-0.25, -0.2) is 9.18 Å². The van der Waals surface area contributed by atoms with Crippen LogP contribution in [0, 0.1) is 19.7 Å². The van der Waals surface area contributed by atoms with E-state index in [-0.39, 0.29) is 39.5 Å². The number of aromatic nitrogens is 1. The number of nitrogens with one attached hydrogen (secondary N) is 1. The van der Waals surface area contributed by atoms with Crippen molar-refractivity contribution in [3.8, 4) is 0 Å². The Labute approximate surface area is 174 Å². The predicted molar refractivity (Wildman–Crippen MR) is 113 cm³/mol. The number of fused-ring (bicyclic) bond motifs is 1. The highest BCUT2D eigenvalue weighted by Gasteiger charge is 2.26. The number of benzene rings is 1. The van der Waals surface area contributed by atoms with Gasteiger partial charge in [0.05, 0.1) is 21.4 Å². The minimum atomic E-state index is -0.584. The molecule has 0 bridgehead atoms. The summed E-state index contributed by atoms with van der Waals surface area (Å²) in [6.07, 6.45) is 1.43. The lowest BCUT2D eigenvalue weighted by atomic mass is 10.1. The van der Waals surface area contributed by atoms with E-state index in [0.29, 0.717) is 36.2 Å². The molecule has 152 valence electrons. The van der Waals surface area contributed by atoms with E-state index in [0.717, 1.165) is 0 Å². The van der Waals surface area contributed by atoms with Crippen LogP contribution in [-0.2, 0) is 4.74 Å². The lowest BCUT2D eigenvalue weighted by molar-refractivity contribution is 0.0682. The molecule has 0 aliphatic carbocycles.